The van der Waals surface area contributed by atoms with E-state index in [1.807, 2.05) is 12.1 Å². The highest BCUT2D eigenvalue weighted by Gasteiger charge is 2.20. The summed E-state index contributed by atoms with van der Waals surface area (Å²) in [6.07, 6.45) is 7.58. The molecule has 1 saturated carbocycles. The molecule has 1 fully saturated rings. The van der Waals surface area contributed by atoms with E-state index in [4.69, 9.17) is 14.5 Å². The fourth-order valence-corrected chi connectivity index (χ4v) is 3.69. The van der Waals surface area contributed by atoms with Crippen LogP contribution in [-0.4, -0.2) is 47.0 Å². The molecule has 3 rings (SSSR count). The summed E-state index contributed by atoms with van der Waals surface area (Å²) >= 11 is 0. The third kappa shape index (κ3) is 7.26. The number of aliphatic imine (C=N–C) groups is 1. The Kier molecular flexibility index (Phi) is 10.9. The highest BCUT2D eigenvalue weighted by atomic mass is 127. The molecule has 31 heavy (non-hydrogen) atoms. The molecule has 1 aliphatic carbocycles. The predicted octanol–water partition coefficient (Wildman–Crippen LogP) is 3.54. The lowest BCUT2D eigenvalue weighted by Gasteiger charge is -2.19. The van der Waals surface area contributed by atoms with E-state index >= 15 is 0 Å². The molecule has 0 atom stereocenters. The van der Waals surface area contributed by atoms with Gasteiger partial charge in [-0.05, 0) is 38.7 Å². The third-order valence-electron chi connectivity index (χ3n) is 5.28. The molecular weight excluding hydrogens is 507 g/mol. The van der Waals surface area contributed by atoms with Gasteiger partial charge in [-0.3, -0.25) is 0 Å². The van der Waals surface area contributed by atoms with E-state index in [2.05, 4.69) is 45.3 Å². The number of benzene rings is 1. The number of ether oxygens (including phenoxy) is 2. The number of hydrogen-bond acceptors (Lipinski definition) is 5. The van der Waals surface area contributed by atoms with Crippen LogP contribution in [0.5, 0.6) is 11.5 Å². The van der Waals surface area contributed by atoms with Gasteiger partial charge >= 0.3 is 0 Å². The maximum absolute atomic E-state index is 6.32. The molecule has 0 spiro atoms. The maximum atomic E-state index is 6.32. The summed E-state index contributed by atoms with van der Waals surface area (Å²) in [5.74, 6) is 3.36. The summed E-state index contributed by atoms with van der Waals surface area (Å²) < 4.78 is 13.9. The van der Waals surface area contributed by atoms with E-state index in [1.165, 1.54) is 12.8 Å². The van der Waals surface area contributed by atoms with Crippen LogP contribution in [0.25, 0.3) is 0 Å². The van der Waals surface area contributed by atoms with E-state index in [0.29, 0.717) is 6.54 Å². The van der Waals surface area contributed by atoms with Gasteiger partial charge in [0.25, 0.3) is 0 Å². The molecule has 0 unspecified atom stereocenters. The zero-order valence-corrected chi connectivity index (χ0v) is 21.1. The van der Waals surface area contributed by atoms with Crippen molar-refractivity contribution in [1.29, 1.82) is 0 Å². The van der Waals surface area contributed by atoms with Crippen LogP contribution in [0.3, 0.4) is 0 Å². The van der Waals surface area contributed by atoms with Crippen molar-refractivity contribution in [3.8, 4) is 11.5 Å². The fourth-order valence-electron chi connectivity index (χ4n) is 3.69. The standard InChI is InChI=1S/C22H34N6O2.HI/c1-4-20-27-26-16-28(20)14-13-24-22(23-5-2)25-15-17-9-8-12-19(29-3)21(17)30-18-10-6-7-11-18;/h8-9,12,16,18H,4-7,10-11,13-15H2,1-3H3,(H2,23,24,25);1H. The van der Waals surface area contributed by atoms with E-state index in [-0.39, 0.29) is 30.1 Å². The van der Waals surface area contributed by atoms with Crippen molar-refractivity contribution in [2.45, 2.75) is 65.1 Å². The van der Waals surface area contributed by atoms with Crippen molar-refractivity contribution in [3.63, 3.8) is 0 Å². The summed E-state index contributed by atoms with van der Waals surface area (Å²) in [6, 6.07) is 6.00. The molecule has 9 heteroatoms. The van der Waals surface area contributed by atoms with Crippen LogP contribution >= 0.6 is 24.0 Å². The Labute approximate surface area is 202 Å². The van der Waals surface area contributed by atoms with Crippen LogP contribution < -0.4 is 20.1 Å². The van der Waals surface area contributed by atoms with Gasteiger partial charge in [0, 0.05) is 31.6 Å². The molecular formula is C22H35IN6O2. The largest absolute Gasteiger partial charge is 0.493 e. The summed E-state index contributed by atoms with van der Waals surface area (Å²) in [4.78, 5) is 4.77. The maximum Gasteiger partial charge on any atom is 0.191 e. The third-order valence-corrected chi connectivity index (χ3v) is 5.28. The first-order chi connectivity index (χ1) is 14.7. The average Bonchev–Trinajstić information content (AvgIpc) is 3.44. The van der Waals surface area contributed by atoms with Gasteiger partial charge in [-0.1, -0.05) is 19.1 Å². The minimum absolute atomic E-state index is 0. The first-order valence-corrected chi connectivity index (χ1v) is 11.0. The van der Waals surface area contributed by atoms with Gasteiger partial charge < -0.3 is 24.7 Å². The zero-order valence-electron chi connectivity index (χ0n) is 18.8. The second-order valence-corrected chi connectivity index (χ2v) is 7.39. The van der Waals surface area contributed by atoms with Crippen molar-refractivity contribution < 1.29 is 9.47 Å². The van der Waals surface area contributed by atoms with Crippen LogP contribution in [0.1, 0.15) is 50.9 Å². The number of nitrogens with zero attached hydrogens (tertiary/aromatic N) is 4. The molecule has 1 aromatic heterocycles. The Hall–Kier alpha value is -2.04. The highest BCUT2D eigenvalue weighted by Crippen LogP contribution is 2.35. The second kappa shape index (κ2) is 13.4. The van der Waals surface area contributed by atoms with Crippen molar-refractivity contribution in [1.82, 2.24) is 25.4 Å². The molecule has 0 saturated heterocycles. The van der Waals surface area contributed by atoms with Crippen molar-refractivity contribution >= 4 is 29.9 Å². The molecule has 1 aromatic carbocycles. The smallest absolute Gasteiger partial charge is 0.191 e. The molecule has 172 valence electrons. The van der Waals surface area contributed by atoms with E-state index in [1.54, 1.807) is 13.4 Å². The first-order valence-electron chi connectivity index (χ1n) is 11.0. The number of para-hydroxylation sites is 1. The highest BCUT2D eigenvalue weighted by molar-refractivity contribution is 14.0. The Morgan fingerprint density at radius 3 is 2.74 bits per heavy atom. The number of nitrogens with one attached hydrogen (secondary N) is 2. The summed E-state index contributed by atoms with van der Waals surface area (Å²) in [6.45, 7) is 6.98. The van der Waals surface area contributed by atoms with Crippen LogP contribution in [0.4, 0.5) is 0 Å². The van der Waals surface area contributed by atoms with Gasteiger partial charge in [-0.15, -0.1) is 34.2 Å². The van der Waals surface area contributed by atoms with E-state index in [0.717, 1.165) is 67.7 Å². The number of guanidine groups is 1. The molecule has 0 radical (unpaired) electrons. The van der Waals surface area contributed by atoms with E-state index in [9.17, 15) is 0 Å². The molecule has 0 amide bonds. The van der Waals surface area contributed by atoms with Gasteiger partial charge in [0.1, 0.15) is 12.2 Å². The number of methoxy groups -OCH3 is 1. The Morgan fingerprint density at radius 2 is 2.03 bits per heavy atom. The molecule has 0 bridgehead atoms. The SMILES string of the molecule is CCNC(=NCc1cccc(OC)c1OC1CCCC1)NCCn1cnnc1CC.I. The quantitative estimate of drug-likeness (QED) is 0.272. The summed E-state index contributed by atoms with van der Waals surface area (Å²) in [5.41, 5.74) is 1.03. The molecule has 2 N–H and O–H groups in total. The Bertz CT molecular complexity index is 820. The number of aryl methyl sites for hydroxylation is 1. The lowest BCUT2D eigenvalue weighted by atomic mass is 10.1. The lowest BCUT2D eigenvalue weighted by Crippen LogP contribution is -2.39. The van der Waals surface area contributed by atoms with Crippen LogP contribution in [-0.2, 0) is 19.5 Å². The Balaban J connectivity index is 0.00000341. The summed E-state index contributed by atoms with van der Waals surface area (Å²) in [5, 5.41) is 14.8. The van der Waals surface area contributed by atoms with Crippen LogP contribution in [0.2, 0.25) is 0 Å². The van der Waals surface area contributed by atoms with Crippen molar-refractivity contribution in [2.24, 2.45) is 4.99 Å². The number of aromatic nitrogens is 3. The van der Waals surface area contributed by atoms with Crippen LogP contribution in [0.15, 0.2) is 29.5 Å². The van der Waals surface area contributed by atoms with Gasteiger partial charge in [-0.2, -0.15) is 0 Å². The average molecular weight is 542 g/mol. The topological polar surface area (TPSA) is 85.6 Å². The molecule has 1 heterocycles. The molecule has 1 aliphatic rings. The number of halogens is 1. The normalized spacial score (nSPS) is 14.2. The van der Waals surface area contributed by atoms with Gasteiger partial charge in [-0.25, -0.2) is 4.99 Å². The van der Waals surface area contributed by atoms with Gasteiger partial charge in [0.2, 0.25) is 0 Å². The van der Waals surface area contributed by atoms with Crippen molar-refractivity contribution in [2.75, 3.05) is 20.2 Å². The molecule has 2 aromatic rings. The molecule has 8 nitrogen and oxygen atoms in total. The Morgan fingerprint density at radius 1 is 1.23 bits per heavy atom. The lowest BCUT2D eigenvalue weighted by molar-refractivity contribution is 0.198. The zero-order chi connectivity index (χ0) is 21.2. The minimum atomic E-state index is 0. The predicted molar refractivity (Wildman–Crippen MR) is 134 cm³/mol. The number of rotatable bonds is 10. The minimum Gasteiger partial charge on any atom is -0.493 e. The fraction of sp³-hybridized carbons (Fsp3) is 0.591. The van der Waals surface area contributed by atoms with Gasteiger partial charge in [0.15, 0.2) is 17.5 Å². The summed E-state index contributed by atoms with van der Waals surface area (Å²) in [7, 11) is 1.69. The van der Waals surface area contributed by atoms with E-state index < -0.39 is 0 Å². The molecule has 0 aliphatic heterocycles. The number of hydrogen-bond donors (Lipinski definition) is 2. The van der Waals surface area contributed by atoms with Crippen molar-refractivity contribution in [3.05, 3.63) is 35.9 Å². The second-order valence-electron chi connectivity index (χ2n) is 7.39. The van der Waals surface area contributed by atoms with Crippen LogP contribution in [0, 0.1) is 0 Å². The monoisotopic (exact) mass is 542 g/mol. The first kappa shape index (κ1) is 25.2. The van der Waals surface area contributed by atoms with Gasteiger partial charge in [0.05, 0.1) is 19.8 Å².